The van der Waals surface area contributed by atoms with Crippen LogP contribution >= 0.6 is 11.3 Å². The Morgan fingerprint density at radius 1 is 1.10 bits per heavy atom. The Morgan fingerprint density at radius 2 is 1.93 bits per heavy atom. The molecule has 10 heteroatoms. The van der Waals surface area contributed by atoms with Gasteiger partial charge in [0, 0.05) is 17.1 Å². The van der Waals surface area contributed by atoms with Crippen molar-refractivity contribution in [2.75, 3.05) is 29.9 Å². The number of fused-ring (bicyclic) bond motifs is 1. The molecule has 1 aliphatic rings. The van der Waals surface area contributed by atoms with Crippen LogP contribution in [0.2, 0.25) is 0 Å². The van der Waals surface area contributed by atoms with Crippen molar-refractivity contribution < 1.29 is 23.8 Å². The lowest BCUT2D eigenvalue weighted by molar-refractivity contribution is -0.115. The highest BCUT2D eigenvalue weighted by Gasteiger charge is 2.15. The van der Waals surface area contributed by atoms with Gasteiger partial charge in [-0.05, 0) is 24.3 Å². The summed E-state index contributed by atoms with van der Waals surface area (Å²) in [5.74, 6) is 1.56. The SMILES string of the molecule is COc1ccccc1NC(=O)Nc1nc(CC(=O)Nc2ccc3c(c2)OCO3)cs1. The van der Waals surface area contributed by atoms with Crippen molar-refractivity contribution >= 4 is 39.8 Å². The molecule has 0 bridgehead atoms. The maximum absolute atomic E-state index is 12.3. The molecule has 154 valence electrons. The van der Waals surface area contributed by atoms with Gasteiger partial charge in [0.2, 0.25) is 12.7 Å². The number of aromatic nitrogens is 1. The van der Waals surface area contributed by atoms with Crippen LogP contribution in [-0.4, -0.2) is 30.8 Å². The number of amides is 3. The number of ether oxygens (including phenoxy) is 3. The fraction of sp³-hybridized carbons (Fsp3) is 0.150. The molecule has 1 aliphatic heterocycles. The monoisotopic (exact) mass is 426 g/mol. The summed E-state index contributed by atoms with van der Waals surface area (Å²) >= 11 is 1.23. The molecule has 0 unspecified atom stereocenters. The average molecular weight is 426 g/mol. The van der Waals surface area contributed by atoms with E-state index in [9.17, 15) is 9.59 Å². The number of hydrogen-bond acceptors (Lipinski definition) is 7. The number of nitrogens with zero attached hydrogens (tertiary/aromatic N) is 1. The van der Waals surface area contributed by atoms with E-state index in [4.69, 9.17) is 14.2 Å². The van der Waals surface area contributed by atoms with E-state index >= 15 is 0 Å². The summed E-state index contributed by atoms with van der Waals surface area (Å²) in [5.41, 5.74) is 1.69. The van der Waals surface area contributed by atoms with Crippen LogP contribution in [0.3, 0.4) is 0 Å². The zero-order chi connectivity index (χ0) is 20.9. The maximum atomic E-state index is 12.3. The van der Waals surface area contributed by atoms with Crippen molar-refractivity contribution in [1.29, 1.82) is 0 Å². The van der Waals surface area contributed by atoms with Gasteiger partial charge in [-0.3, -0.25) is 10.1 Å². The van der Waals surface area contributed by atoms with Gasteiger partial charge in [-0.2, -0.15) is 0 Å². The number of carbonyl (C=O) groups is 2. The smallest absolute Gasteiger partial charge is 0.325 e. The average Bonchev–Trinajstić information content (AvgIpc) is 3.37. The first-order valence-electron chi connectivity index (χ1n) is 8.95. The number of carbonyl (C=O) groups excluding carboxylic acids is 2. The Balaban J connectivity index is 1.31. The molecule has 9 nitrogen and oxygen atoms in total. The van der Waals surface area contributed by atoms with E-state index in [1.807, 2.05) is 6.07 Å². The fourth-order valence-electron chi connectivity index (χ4n) is 2.79. The van der Waals surface area contributed by atoms with Crippen LogP contribution < -0.4 is 30.2 Å². The molecule has 0 saturated heterocycles. The molecule has 0 fully saturated rings. The molecule has 0 aliphatic carbocycles. The van der Waals surface area contributed by atoms with Gasteiger partial charge in [-0.15, -0.1) is 11.3 Å². The minimum atomic E-state index is -0.454. The maximum Gasteiger partial charge on any atom is 0.325 e. The second kappa shape index (κ2) is 8.70. The molecule has 3 N–H and O–H groups in total. The van der Waals surface area contributed by atoms with Gasteiger partial charge >= 0.3 is 6.03 Å². The molecule has 0 spiro atoms. The predicted molar refractivity (Wildman–Crippen MR) is 113 cm³/mol. The third kappa shape index (κ3) is 4.61. The lowest BCUT2D eigenvalue weighted by Crippen LogP contribution is -2.20. The quantitative estimate of drug-likeness (QED) is 0.554. The van der Waals surface area contributed by atoms with Crippen LogP contribution in [0.5, 0.6) is 17.2 Å². The number of anilines is 3. The molecule has 3 aromatic rings. The summed E-state index contributed by atoms with van der Waals surface area (Å²) in [6.45, 7) is 0.173. The first-order chi connectivity index (χ1) is 14.6. The number of para-hydroxylation sites is 2. The number of thiazole rings is 1. The van der Waals surface area contributed by atoms with Crippen molar-refractivity contribution in [3.05, 3.63) is 53.5 Å². The first kappa shape index (κ1) is 19.5. The predicted octanol–water partition coefficient (Wildman–Crippen LogP) is 3.71. The van der Waals surface area contributed by atoms with Crippen molar-refractivity contribution in [2.24, 2.45) is 0 Å². The minimum Gasteiger partial charge on any atom is -0.495 e. The van der Waals surface area contributed by atoms with Gasteiger partial charge in [0.1, 0.15) is 5.75 Å². The molecule has 1 aromatic heterocycles. The molecular formula is C20H18N4O5S. The second-order valence-corrected chi connectivity index (χ2v) is 7.07. The normalized spacial score (nSPS) is 11.6. The van der Waals surface area contributed by atoms with Gasteiger partial charge in [-0.1, -0.05) is 12.1 Å². The summed E-state index contributed by atoms with van der Waals surface area (Å²) in [5, 5.41) is 10.3. The lowest BCUT2D eigenvalue weighted by Gasteiger charge is -2.09. The zero-order valence-electron chi connectivity index (χ0n) is 15.9. The highest BCUT2D eigenvalue weighted by Crippen LogP contribution is 2.34. The Bertz CT molecular complexity index is 1080. The van der Waals surface area contributed by atoms with Gasteiger partial charge in [0.25, 0.3) is 0 Å². The number of methoxy groups -OCH3 is 1. The number of hydrogen-bond donors (Lipinski definition) is 3. The number of benzene rings is 2. The molecule has 2 aromatic carbocycles. The molecule has 4 rings (SSSR count). The van der Waals surface area contributed by atoms with E-state index in [1.54, 1.807) is 41.8 Å². The van der Waals surface area contributed by atoms with Crippen molar-refractivity contribution in [3.8, 4) is 17.2 Å². The van der Waals surface area contributed by atoms with Crippen LogP contribution in [0.1, 0.15) is 5.69 Å². The van der Waals surface area contributed by atoms with E-state index < -0.39 is 6.03 Å². The molecule has 0 atom stereocenters. The van der Waals surface area contributed by atoms with Crippen molar-refractivity contribution in [1.82, 2.24) is 4.98 Å². The van der Waals surface area contributed by atoms with E-state index in [0.717, 1.165) is 0 Å². The third-order valence-corrected chi connectivity index (χ3v) is 4.93. The molecule has 0 radical (unpaired) electrons. The van der Waals surface area contributed by atoms with Gasteiger partial charge in [-0.25, -0.2) is 9.78 Å². The van der Waals surface area contributed by atoms with Crippen LogP contribution in [0.4, 0.5) is 21.3 Å². The Labute approximate surface area is 176 Å². The summed E-state index contributed by atoms with van der Waals surface area (Å²) in [6.07, 6.45) is 0.0702. The standard InChI is InChI=1S/C20H18N4O5S/c1-27-15-5-3-2-4-14(15)23-19(26)24-20-22-13(10-30-20)9-18(25)21-12-6-7-16-17(8-12)29-11-28-16/h2-8,10H,9,11H2,1H3,(H,21,25)(H2,22,23,24,26). The summed E-state index contributed by atoms with van der Waals surface area (Å²) < 4.78 is 15.7. The third-order valence-electron chi connectivity index (χ3n) is 4.13. The van der Waals surface area contributed by atoms with Crippen LogP contribution in [0, 0.1) is 0 Å². The number of urea groups is 1. The highest BCUT2D eigenvalue weighted by molar-refractivity contribution is 7.14. The van der Waals surface area contributed by atoms with E-state index in [-0.39, 0.29) is 19.1 Å². The minimum absolute atomic E-state index is 0.0702. The molecule has 30 heavy (non-hydrogen) atoms. The lowest BCUT2D eigenvalue weighted by atomic mass is 10.2. The van der Waals surface area contributed by atoms with E-state index in [0.29, 0.717) is 39.4 Å². The molecular weight excluding hydrogens is 408 g/mol. The summed E-state index contributed by atoms with van der Waals surface area (Å²) in [6, 6.07) is 11.8. The van der Waals surface area contributed by atoms with Gasteiger partial charge in [0.15, 0.2) is 16.6 Å². The molecule has 0 saturated carbocycles. The van der Waals surface area contributed by atoms with E-state index in [1.165, 1.54) is 18.4 Å². The van der Waals surface area contributed by atoms with Crippen molar-refractivity contribution in [2.45, 2.75) is 6.42 Å². The Hall–Kier alpha value is -3.79. The zero-order valence-corrected chi connectivity index (χ0v) is 16.7. The summed E-state index contributed by atoms with van der Waals surface area (Å²) in [7, 11) is 1.53. The van der Waals surface area contributed by atoms with E-state index in [2.05, 4.69) is 20.9 Å². The highest BCUT2D eigenvalue weighted by atomic mass is 32.1. The van der Waals surface area contributed by atoms with Gasteiger partial charge in [0.05, 0.1) is 24.9 Å². The second-order valence-electron chi connectivity index (χ2n) is 6.22. The van der Waals surface area contributed by atoms with Crippen LogP contribution in [0.25, 0.3) is 0 Å². The van der Waals surface area contributed by atoms with Crippen molar-refractivity contribution in [3.63, 3.8) is 0 Å². The van der Waals surface area contributed by atoms with Gasteiger partial charge < -0.3 is 24.8 Å². The first-order valence-corrected chi connectivity index (χ1v) is 9.83. The fourth-order valence-corrected chi connectivity index (χ4v) is 3.49. The molecule has 2 heterocycles. The number of rotatable bonds is 6. The van der Waals surface area contributed by atoms with Crippen LogP contribution in [-0.2, 0) is 11.2 Å². The Morgan fingerprint density at radius 3 is 2.80 bits per heavy atom. The summed E-state index contributed by atoms with van der Waals surface area (Å²) in [4.78, 5) is 28.8. The molecule has 3 amide bonds. The topological polar surface area (TPSA) is 111 Å². The Kier molecular flexibility index (Phi) is 5.66. The number of nitrogens with one attached hydrogen (secondary N) is 3. The largest absolute Gasteiger partial charge is 0.495 e. The van der Waals surface area contributed by atoms with Crippen LogP contribution in [0.15, 0.2) is 47.8 Å².